The molecule has 0 saturated carbocycles. The molecule has 2 aromatic rings. The van der Waals surface area contributed by atoms with Crippen molar-refractivity contribution in [2.75, 3.05) is 18.0 Å². The second-order valence-electron chi connectivity index (χ2n) is 9.04. The Kier molecular flexibility index (Phi) is 5.25. The van der Waals surface area contributed by atoms with Crippen LogP contribution in [0.1, 0.15) is 61.8 Å². The molecule has 7 heteroatoms. The Morgan fingerprint density at radius 1 is 1.21 bits per heavy atom. The third-order valence-corrected chi connectivity index (χ3v) is 5.62. The SMILES string of the molecule is C[C@@H]1CN(c2ncc3c(n2)CC(C)(C)C[C@H]3NC(=O)c2ccncc2)C[C@@H](C)O1. The number of rotatable bonds is 3. The lowest BCUT2D eigenvalue weighted by molar-refractivity contribution is -0.00575. The summed E-state index contributed by atoms with van der Waals surface area (Å²) in [5.74, 6) is 0.656. The molecule has 3 heterocycles. The Bertz CT molecular complexity index is 876. The standard InChI is InChI=1S/C22H29N5O2/c1-14-12-27(13-15(2)29-14)21-24-11-17-18(9-22(3,4)10-19(17)26-21)25-20(28)16-5-7-23-8-6-16/h5-8,11,14-15,18H,9-10,12-13H2,1-4H3,(H,25,28)/t14-,15-,18-/m1/s1. The van der Waals surface area contributed by atoms with Crippen LogP contribution in [0.3, 0.4) is 0 Å². The van der Waals surface area contributed by atoms with Crippen LogP contribution >= 0.6 is 0 Å². The van der Waals surface area contributed by atoms with E-state index in [1.807, 2.05) is 6.20 Å². The van der Waals surface area contributed by atoms with Gasteiger partial charge in [-0.15, -0.1) is 0 Å². The van der Waals surface area contributed by atoms with Gasteiger partial charge in [-0.25, -0.2) is 9.97 Å². The third kappa shape index (κ3) is 4.40. The van der Waals surface area contributed by atoms with E-state index in [0.717, 1.165) is 43.1 Å². The maximum atomic E-state index is 12.7. The Morgan fingerprint density at radius 3 is 2.59 bits per heavy atom. The van der Waals surface area contributed by atoms with Crippen molar-refractivity contribution >= 4 is 11.9 Å². The van der Waals surface area contributed by atoms with Crippen LogP contribution in [0.5, 0.6) is 0 Å². The van der Waals surface area contributed by atoms with Gasteiger partial charge in [-0.05, 0) is 44.2 Å². The van der Waals surface area contributed by atoms with Crippen LogP contribution in [0.2, 0.25) is 0 Å². The van der Waals surface area contributed by atoms with Crippen molar-refractivity contribution in [3.8, 4) is 0 Å². The Balaban J connectivity index is 1.60. The number of fused-ring (bicyclic) bond motifs is 1. The lowest BCUT2D eigenvalue weighted by Crippen LogP contribution is -2.46. The highest BCUT2D eigenvalue weighted by molar-refractivity contribution is 5.94. The van der Waals surface area contributed by atoms with Gasteiger partial charge in [-0.3, -0.25) is 9.78 Å². The van der Waals surface area contributed by atoms with Gasteiger partial charge in [0.1, 0.15) is 0 Å². The lowest BCUT2D eigenvalue weighted by Gasteiger charge is -2.38. The number of hydrogen-bond donors (Lipinski definition) is 1. The summed E-state index contributed by atoms with van der Waals surface area (Å²) in [5.41, 5.74) is 2.70. The largest absolute Gasteiger partial charge is 0.372 e. The van der Waals surface area contributed by atoms with E-state index in [0.29, 0.717) is 5.56 Å². The smallest absolute Gasteiger partial charge is 0.251 e. The van der Waals surface area contributed by atoms with E-state index < -0.39 is 0 Å². The minimum Gasteiger partial charge on any atom is -0.372 e. The van der Waals surface area contributed by atoms with E-state index in [2.05, 4.69) is 47.9 Å². The molecular formula is C22H29N5O2. The highest BCUT2D eigenvalue weighted by Crippen LogP contribution is 2.40. The quantitative estimate of drug-likeness (QED) is 0.861. The van der Waals surface area contributed by atoms with Crippen LogP contribution in [-0.2, 0) is 11.2 Å². The van der Waals surface area contributed by atoms with Crippen LogP contribution in [-0.4, -0.2) is 46.2 Å². The fourth-order valence-corrected chi connectivity index (χ4v) is 4.40. The average molecular weight is 396 g/mol. The second-order valence-corrected chi connectivity index (χ2v) is 9.04. The predicted octanol–water partition coefficient (Wildman–Crippen LogP) is 2.93. The van der Waals surface area contributed by atoms with Crippen molar-refractivity contribution in [1.29, 1.82) is 0 Å². The molecule has 0 bridgehead atoms. The van der Waals surface area contributed by atoms with Crippen molar-refractivity contribution in [3.05, 3.63) is 47.5 Å². The zero-order valence-corrected chi connectivity index (χ0v) is 17.6. The molecule has 3 atom stereocenters. The molecule has 1 saturated heterocycles. The molecule has 1 aliphatic carbocycles. The first-order valence-corrected chi connectivity index (χ1v) is 10.3. The summed E-state index contributed by atoms with van der Waals surface area (Å²) in [6, 6.07) is 3.35. The van der Waals surface area contributed by atoms with Gasteiger partial charge in [0.25, 0.3) is 5.91 Å². The van der Waals surface area contributed by atoms with Crippen molar-refractivity contribution in [3.63, 3.8) is 0 Å². The molecule has 1 aliphatic heterocycles. The van der Waals surface area contributed by atoms with Gasteiger partial charge in [0.15, 0.2) is 0 Å². The predicted molar refractivity (Wildman–Crippen MR) is 111 cm³/mol. The van der Waals surface area contributed by atoms with Crippen LogP contribution in [0, 0.1) is 5.41 Å². The van der Waals surface area contributed by atoms with E-state index in [9.17, 15) is 4.79 Å². The number of nitrogens with zero attached hydrogens (tertiary/aromatic N) is 4. The van der Waals surface area contributed by atoms with E-state index in [1.165, 1.54) is 0 Å². The number of amides is 1. The zero-order valence-electron chi connectivity index (χ0n) is 17.6. The second kappa shape index (κ2) is 7.71. The molecule has 0 unspecified atom stereocenters. The summed E-state index contributed by atoms with van der Waals surface area (Å²) < 4.78 is 5.84. The fourth-order valence-electron chi connectivity index (χ4n) is 4.40. The van der Waals surface area contributed by atoms with Gasteiger partial charge in [0.2, 0.25) is 5.95 Å². The van der Waals surface area contributed by atoms with Gasteiger partial charge >= 0.3 is 0 Å². The summed E-state index contributed by atoms with van der Waals surface area (Å²) in [6.07, 6.45) is 7.19. The number of aromatic nitrogens is 3. The molecule has 1 fully saturated rings. The minimum absolute atomic E-state index is 0.0421. The topological polar surface area (TPSA) is 80.2 Å². The number of anilines is 1. The third-order valence-electron chi connectivity index (χ3n) is 5.62. The van der Waals surface area contributed by atoms with E-state index in [1.54, 1.807) is 24.5 Å². The summed E-state index contributed by atoms with van der Waals surface area (Å²) in [4.78, 5) is 28.5. The highest BCUT2D eigenvalue weighted by atomic mass is 16.5. The molecule has 7 nitrogen and oxygen atoms in total. The van der Waals surface area contributed by atoms with Gasteiger partial charge in [0.05, 0.1) is 23.9 Å². The number of carbonyl (C=O) groups excluding carboxylic acids is 1. The number of carbonyl (C=O) groups is 1. The maximum absolute atomic E-state index is 12.7. The summed E-state index contributed by atoms with van der Waals surface area (Å²) in [7, 11) is 0. The van der Waals surface area contributed by atoms with Gasteiger partial charge in [-0.1, -0.05) is 13.8 Å². The van der Waals surface area contributed by atoms with Crippen LogP contribution in [0.25, 0.3) is 0 Å². The molecule has 1 N–H and O–H groups in total. The van der Waals surface area contributed by atoms with Crippen LogP contribution in [0.4, 0.5) is 5.95 Å². The molecule has 2 aliphatic rings. The van der Waals surface area contributed by atoms with E-state index >= 15 is 0 Å². The Hall–Kier alpha value is -2.54. The first-order chi connectivity index (χ1) is 13.8. The maximum Gasteiger partial charge on any atom is 0.251 e. The number of nitrogens with one attached hydrogen (secondary N) is 1. The number of pyridine rings is 1. The summed E-state index contributed by atoms with van der Waals surface area (Å²) >= 11 is 0. The molecule has 1 amide bonds. The van der Waals surface area contributed by atoms with Crippen molar-refractivity contribution in [2.24, 2.45) is 5.41 Å². The number of ether oxygens (including phenoxy) is 1. The van der Waals surface area contributed by atoms with Gasteiger partial charge in [-0.2, -0.15) is 0 Å². The van der Waals surface area contributed by atoms with Gasteiger partial charge in [0, 0.05) is 42.8 Å². The zero-order chi connectivity index (χ0) is 20.6. The fraction of sp³-hybridized carbons (Fsp3) is 0.545. The van der Waals surface area contributed by atoms with Crippen molar-refractivity contribution < 1.29 is 9.53 Å². The lowest BCUT2D eigenvalue weighted by atomic mass is 9.74. The van der Waals surface area contributed by atoms with Crippen molar-refractivity contribution in [1.82, 2.24) is 20.3 Å². The normalized spacial score (nSPS) is 25.9. The highest BCUT2D eigenvalue weighted by Gasteiger charge is 2.35. The molecule has 154 valence electrons. The molecule has 0 aromatic carbocycles. The average Bonchev–Trinajstić information content (AvgIpc) is 2.66. The summed E-state index contributed by atoms with van der Waals surface area (Å²) in [6.45, 7) is 10.2. The Morgan fingerprint density at radius 2 is 1.90 bits per heavy atom. The van der Waals surface area contributed by atoms with E-state index in [4.69, 9.17) is 9.72 Å². The molecule has 2 aromatic heterocycles. The van der Waals surface area contributed by atoms with Gasteiger partial charge < -0.3 is 15.0 Å². The molecule has 0 radical (unpaired) electrons. The van der Waals surface area contributed by atoms with Crippen LogP contribution < -0.4 is 10.2 Å². The van der Waals surface area contributed by atoms with Crippen molar-refractivity contribution in [2.45, 2.75) is 58.8 Å². The number of morpholine rings is 1. The van der Waals surface area contributed by atoms with Crippen LogP contribution in [0.15, 0.2) is 30.7 Å². The summed E-state index contributed by atoms with van der Waals surface area (Å²) in [5, 5.41) is 3.18. The minimum atomic E-state index is -0.106. The molecule has 29 heavy (non-hydrogen) atoms. The molecule has 4 rings (SSSR count). The van der Waals surface area contributed by atoms with E-state index in [-0.39, 0.29) is 29.6 Å². The molecule has 0 spiro atoms. The first-order valence-electron chi connectivity index (χ1n) is 10.3. The first kappa shape index (κ1) is 19.8. The number of hydrogen-bond acceptors (Lipinski definition) is 6. The Labute approximate surface area is 171 Å². The monoisotopic (exact) mass is 395 g/mol. The molecular weight excluding hydrogens is 366 g/mol.